The smallest absolute Gasteiger partial charge is 0.326 e. The van der Waals surface area contributed by atoms with E-state index in [-0.39, 0.29) is 11.9 Å². The van der Waals surface area contributed by atoms with Crippen molar-refractivity contribution >= 4 is 12.0 Å². The Morgan fingerprint density at radius 1 is 1.25 bits per heavy atom. The fourth-order valence-corrected chi connectivity index (χ4v) is 4.09. The van der Waals surface area contributed by atoms with E-state index in [0.717, 1.165) is 31.2 Å². The highest BCUT2D eigenvalue weighted by atomic mass is 16.4. The molecule has 20 heavy (non-hydrogen) atoms. The first-order chi connectivity index (χ1) is 9.54. The number of carbonyl (C=O) groups is 2. The summed E-state index contributed by atoms with van der Waals surface area (Å²) in [6.45, 7) is 0.768. The van der Waals surface area contributed by atoms with Crippen molar-refractivity contribution in [3.8, 4) is 0 Å². The van der Waals surface area contributed by atoms with Gasteiger partial charge in [0.1, 0.15) is 6.04 Å². The molecular weight excluding hydrogens is 256 g/mol. The number of fused-ring (bicyclic) bond motifs is 2. The Bertz CT molecular complexity index is 408. The Labute approximate surface area is 119 Å². The van der Waals surface area contributed by atoms with E-state index in [1.807, 2.05) is 0 Å². The second-order valence-corrected chi connectivity index (χ2v) is 6.92. The average molecular weight is 280 g/mol. The van der Waals surface area contributed by atoms with Crippen molar-refractivity contribution in [2.24, 2.45) is 23.7 Å². The van der Waals surface area contributed by atoms with E-state index in [0.29, 0.717) is 5.92 Å². The monoisotopic (exact) mass is 280 g/mol. The number of carbonyl (C=O) groups excluding carboxylic acids is 1. The van der Waals surface area contributed by atoms with Crippen molar-refractivity contribution in [1.29, 1.82) is 0 Å². The molecule has 0 aromatic rings. The first kappa shape index (κ1) is 13.7. The summed E-state index contributed by atoms with van der Waals surface area (Å²) in [5.41, 5.74) is 0. The molecule has 4 unspecified atom stereocenters. The minimum absolute atomic E-state index is 0.132. The third kappa shape index (κ3) is 2.76. The Balaban J connectivity index is 1.50. The lowest BCUT2D eigenvalue weighted by molar-refractivity contribution is -0.139. The van der Waals surface area contributed by atoms with Gasteiger partial charge in [0.05, 0.1) is 0 Å². The summed E-state index contributed by atoms with van der Waals surface area (Å²) >= 11 is 0. The van der Waals surface area contributed by atoms with Gasteiger partial charge in [0.15, 0.2) is 0 Å². The molecule has 3 fully saturated rings. The molecule has 112 valence electrons. The molecule has 3 rings (SSSR count). The van der Waals surface area contributed by atoms with Crippen LogP contribution in [0.3, 0.4) is 0 Å². The van der Waals surface area contributed by atoms with Gasteiger partial charge in [-0.3, -0.25) is 0 Å². The Hall–Kier alpha value is -1.26. The molecular formula is C15H24N2O3. The van der Waals surface area contributed by atoms with E-state index in [1.165, 1.54) is 25.7 Å². The maximum Gasteiger partial charge on any atom is 0.326 e. The highest BCUT2D eigenvalue weighted by Gasteiger charge is 2.41. The molecule has 5 heteroatoms. The normalized spacial score (nSPS) is 33.0. The second kappa shape index (κ2) is 5.26. The third-order valence-electron chi connectivity index (χ3n) is 5.38. The largest absolute Gasteiger partial charge is 0.480 e. The van der Waals surface area contributed by atoms with Gasteiger partial charge in [-0.1, -0.05) is 6.42 Å². The lowest BCUT2D eigenvalue weighted by Crippen LogP contribution is -2.49. The lowest BCUT2D eigenvalue weighted by Gasteiger charge is -2.28. The van der Waals surface area contributed by atoms with Crippen molar-refractivity contribution in [2.75, 3.05) is 13.6 Å². The standard InChI is InChI=1S/C15H24N2O3/c1-17(8-12-7-9-2-3-11(12)6-9)15(20)16-13(14(18)19)10-4-5-10/h9-13H,2-8H2,1H3,(H,16,20)(H,18,19). The number of aliphatic carboxylic acids is 1. The van der Waals surface area contributed by atoms with Crippen LogP contribution >= 0.6 is 0 Å². The molecule has 0 aromatic carbocycles. The van der Waals surface area contributed by atoms with E-state index in [2.05, 4.69) is 5.32 Å². The summed E-state index contributed by atoms with van der Waals surface area (Å²) in [7, 11) is 1.78. The number of nitrogens with zero attached hydrogens (tertiary/aromatic N) is 1. The van der Waals surface area contributed by atoms with Gasteiger partial charge in [0, 0.05) is 13.6 Å². The van der Waals surface area contributed by atoms with Crippen LogP contribution in [0.5, 0.6) is 0 Å². The Kier molecular flexibility index (Phi) is 3.61. The molecule has 0 spiro atoms. The van der Waals surface area contributed by atoms with Crippen LogP contribution in [0.25, 0.3) is 0 Å². The van der Waals surface area contributed by atoms with E-state index in [4.69, 9.17) is 5.11 Å². The number of hydrogen-bond acceptors (Lipinski definition) is 2. The summed E-state index contributed by atoms with van der Waals surface area (Å²) in [5.74, 6) is 1.50. The van der Waals surface area contributed by atoms with Gasteiger partial charge in [-0.2, -0.15) is 0 Å². The minimum Gasteiger partial charge on any atom is -0.480 e. The van der Waals surface area contributed by atoms with E-state index in [9.17, 15) is 9.59 Å². The summed E-state index contributed by atoms with van der Waals surface area (Å²) in [6.07, 6.45) is 7.07. The van der Waals surface area contributed by atoms with Gasteiger partial charge < -0.3 is 15.3 Å². The molecule has 2 N–H and O–H groups in total. The number of carboxylic acids is 1. The van der Waals surface area contributed by atoms with Gasteiger partial charge in [0.2, 0.25) is 0 Å². The molecule has 0 aliphatic heterocycles. The molecule has 3 saturated carbocycles. The first-order valence-corrected chi connectivity index (χ1v) is 7.79. The summed E-state index contributed by atoms with van der Waals surface area (Å²) < 4.78 is 0. The quantitative estimate of drug-likeness (QED) is 0.808. The number of nitrogens with one attached hydrogen (secondary N) is 1. The topological polar surface area (TPSA) is 69.6 Å². The van der Waals surface area contributed by atoms with E-state index < -0.39 is 12.0 Å². The van der Waals surface area contributed by atoms with Gasteiger partial charge in [0.25, 0.3) is 0 Å². The summed E-state index contributed by atoms with van der Waals surface area (Å²) in [6, 6.07) is -0.933. The molecule has 0 radical (unpaired) electrons. The third-order valence-corrected chi connectivity index (χ3v) is 5.38. The Morgan fingerprint density at radius 2 is 2.00 bits per heavy atom. The molecule has 0 aromatic heterocycles. The van der Waals surface area contributed by atoms with Gasteiger partial charge in [-0.15, -0.1) is 0 Å². The van der Waals surface area contributed by atoms with Crippen LogP contribution in [0.1, 0.15) is 38.5 Å². The second-order valence-electron chi connectivity index (χ2n) is 6.92. The minimum atomic E-state index is -0.908. The van der Waals surface area contributed by atoms with Crippen LogP contribution < -0.4 is 5.32 Å². The molecule has 3 aliphatic rings. The number of amides is 2. The predicted molar refractivity (Wildman–Crippen MR) is 74.2 cm³/mol. The molecule has 4 atom stereocenters. The lowest BCUT2D eigenvalue weighted by atomic mass is 9.88. The summed E-state index contributed by atoms with van der Waals surface area (Å²) in [5, 5.41) is 11.8. The fourth-order valence-electron chi connectivity index (χ4n) is 4.09. The number of urea groups is 1. The molecule has 2 amide bonds. The summed E-state index contributed by atoms with van der Waals surface area (Å²) in [4.78, 5) is 25.0. The highest BCUT2D eigenvalue weighted by Crippen LogP contribution is 2.48. The predicted octanol–water partition coefficient (Wildman–Crippen LogP) is 1.93. The highest BCUT2D eigenvalue weighted by molar-refractivity contribution is 5.83. The van der Waals surface area contributed by atoms with Crippen molar-refractivity contribution in [2.45, 2.75) is 44.6 Å². The number of rotatable bonds is 5. The number of carboxylic acid groups (broad SMARTS) is 1. The van der Waals surface area contributed by atoms with Crippen molar-refractivity contribution in [3.63, 3.8) is 0 Å². The van der Waals surface area contributed by atoms with Gasteiger partial charge in [-0.25, -0.2) is 9.59 Å². The van der Waals surface area contributed by atoms with Gasteiger partial charge in [-0.05, 0) is 55.8 Å². The van der Waals surface area contributed by atoms with Crippen LogP contribution in [0, 0.1) is 23.7 Å². The van der Waals surface area contributed by atoms with Crippen molar-refractivity contribution in [3.05, 3.63) is 0 Å². The van der Waals surface area contributed by atoms with E-state index in [1.54, 1.807) is 11.9 Å². The SMILES string of the molecule is CN(CC1CC2CCC1C2)C(=O)NC(C(=O)O)C1CC1. The molecule has 3 aliphatic carbocycles. The zero-order valence-corrected chi connectivity index (χ0v) is 12.0. The van der Waals surface area contributed by atoms with Crippen LogP contribution in [0.2, 0.25) is 0 Å². The van der Waals surface area contributed by atoms with Crippen LogP contribution in [-0.2, 0) is 4.79 Å². The molecule has 0 saturated heterocycles. The Morgan fingerprint density at radius 3 is 2.50 bits per heavy atom. The molecule has 2 bridgehead atoms. The zero-order valence-electron chi connectivity index (χ0n) is 12.0. The average Bonchev–Trinajstić information content (AvgIpc) is 3.03. The zero-order chi connectivity index (χ0) is 14.3. The van der Waals surface area contributed by atoms with Crippen LogP contribution in [0.15, 0.2) is 0 Å². The van der Waals surface area contributed by atoms with Crippen LogP contribution in [-0.4, -0.2) is 41.6 Å². The van der Waals surface area contributed by atoms with Crippen LogP contribution in [0.4, 0.5) is 4.79 Å². The van der Waals surface area contributed by atoms with Gasteiger partial charge >= 0.3 is 12.0 Å². The fraction of sp³-hybridized carbons (Fsp3) is 0.867. The maximum atomic E-state index is 12.1. The van der Waals surface area contributed by atoms with Crippen molar-refractivity contribution in [1.82, 2.24) is 10.2 Å². The van der Waals surface area contributed by atoms with Crippen molar-refractivity contribution < 1.29 is 14.7 Å². The van der Waals surface area contributed by atoms with E-state index >= 15 is 0 Å². The number of hydrogen-bond donors (Lipinski definition) is 2. The maximum absolute atomic E-state index is 12.1. The first-order valence-electron chi connectivity index (χ1n) is 7.79. The molecule has 5 nitrogen and oxygen atoms in total. The molecule has 0 heterocycles.